The predicted octanol–water partition coefficient (Wildman–Crippen LogP) is 1.77. The molecule has 18 heavy (non-hydrogen) atoms. The van der Waals surface area contributed by atoms with E-state index in [1.807, 2.05) is 0 Å². The summed E-state index contributed by atoms with van der Waals surface area (Å²) < 4.78 is 5.98. The monoisotopic (exact) mass is 250 g/mol. The number of hydrogen-bond donors (Lipinski definition) is 1. The number of hydrogen-bond acceptors (Lipinski definition) is 3. The van der Waals surface area contributed by atoms with Gasteiger partial charge in [0.15, 0.2) is 0 Å². The summed E-state index contributed by atoms with van der Waals surface area (Å²) in [7, 11) is 0. The van der Waals surface area contributed by atoms with Crippen molar-refractivity contribution in [2.24, 2.45) is 5.92 Å². The summed E-state index contributed by atoms with van der Waals surface area (Å²) in [4.78, 5) is 2.78. The minimum Gasteiger partial charge on any atom is -0.375 e. The number of fused-ring (bicyclic) bond motifs is 3. The molecule has 2 bridgehead atoms. The van der Waals surface area contributed by atoms with E-state index in [9.17, 15) is 0 Å². The Morgan fingerprint density at radius 1 is 1.11 bits per heavy atom. The van der Waals surface area contributed by atoms with Gasteiger partial charge in [0.2, 0.25) is 0 Å². The van der Waals surface area contributed by atoms with Crippen molar-refractivity contribution in [2.45, 2.75) is 69.2 Å². The van der Waals surface area contributed by atoms with Crippen molar-refractivity contribution in [1.29, 1.82) is 0 Å². The smallest absolute Gasteiger partial charge is 0.0730 e. The Morgan fingerprint density at radius 2 is 2.06 bits per heavy atom. The quantitative estimate of drug-likeness (QED) is 0.808. The van der Waals surface area contributed by atoms with Crippen LogP contribution in [0.25, 0.3) is 0 Å². The Balaban J connectivity index is 1.41. The van der Waals surface area contributed by atoms with Gasteiger partial charge in [-0.25, -0.2) is 0 Å². The van der Waals surface area contributed by atoms with Gasteiger partial charge in [0, 0.05) is 31.2 Å². The molecule has 0 spiro atoms. The van der Waals surface area contributed by atoms with Crippen LogP contribution in [0.2, 0.25) is 0 Å². The molecule has 3 heteroatoms. The van der Waals surface area contributed by atoms with Gasteiger partial charge in [-0.3, -0.25) is 4.90 Å². The zero-order chi connectivity index (χ0) is 11.9. The molecule has 3 nitrogen and oxygen atoms in total. The van der Waals surface area contributed by atoms with Crippen LogP contribution >= 0.6 is 0 Å². The first-order valence-corrected chi connectivity index (χ1v) is 8.02. The van der Waals surface area contributed by atoms with Crippen molar-refractivity contribution in [3.63, 3.8) is 0 Å². The van der Waals surface area contributed by atoms with Crippen LogP contribution in [0.5, 0.6) is 0 Å². The maximum atomic E-state index is 5.98. The second-order valence-electron chi connectivity index (χ2n) is 6.80. The van der Waals surface area contributed by atoms with Gasteiger partial charge < -0.3 is 10.1 Å². The van der Waals surface area contributed by atoms with Crippen molar-refractivity contribution < 1.29 is 4.74 Å². The molecule has 0 amide bonds. The Kier molecular flexibility index (Phi) is 3.10. The van der Waals surface area contributed by atoms with Crippen molar-refractivity contribution in [3.05, 3.63) is 0 Å². The largest absolute Gasteiger partial charge is 0.375 e. The zero-order valence-corrected chi connectivity index (χ0v) is 11.3. The van der Waals surface area contributed by atoms with Crippen LogP contribution in [0.1, 0.15) is 44.9 Å². The number of morpholine rings is 1. The summed E-state index contributed by atoms with van der Waals surface area (Å²) in [6, 6.07) is 2.43. The predicted molar refractivity (Wildman–Crippen MR) is 71.6 cm³/mol. The average Bonchev–Trinajstić information content (AvgIpc) is 3.01. The molecular formula is C15H26N2O. The van der Waals surface area contributed by atoms with Crippen LogP contribution in [0.3, 0.4) is 0 Å². The van der Waals surface area contributed by atoms with Crippen molar-refractivity contribution in [1.82, 2.24) is 10.2 Å². The lowest BCUT2D eigenvalue weighted by atomic mass is 9.86. The Labute approximate surface area is 110 Å². The third-order valence-corrected chi connectivity index (χ3v) is 5.75. The number of ether oxygens (including phenoxy) is 1. The average molecular weight is 250 g/mol. The molecule has 4 rings (SSSR count). The van der Waals surface area contributed by atoms with Gasteiger partial charge in [-0.05, 0) is 38.0 Å². The van der Waals surface area contributed by atoms with Gasteiger partial charge in [0.1, 0.15) is 0 Å². The Bertz CT molecular complexity index is 307. The molecule has 5 unspecified atom stereocenters. The molecule has 0 radical (unpaired) electrons. The third-order valence-electron chi connectivity index (χ3n) is 5.75. The third kappa shape index (κ3) is 2.00. The number of nitrogens with zero attached hydrogens (tertiary/aromatic N) is 1. The molecule has 1 saturated carbocycles. The van der Waals surface area contributed by atoms with Gasteiger partial charge in [0.25, 0.3) is 0 Å². The first-order chi connectivity index (χ1) is 8.90. The molecule has 0 aromatic heterocycles. The minimum atomic E-state index is 0.555. The lowest BCUT2D eigenvalue weighted by Gasteiger charge is -2.45. The van der Waals surface area contributed by atoms with E-state index < -0.39 is 0 Å². The molecule has 1 aliphatic carbocycles. The van der Waals surface area contributed by atoms with E-state index in [0.29, 0.717) is 6.10 Å². The van der Waals surface area contributed by atoms with Gasteiger partial charge in [0.05, 0.1) is 12.7 Å². The summed E-state index contributed by atoms with van der Waals surface area (Å²) in [6.45, 7) is 3.48. The second-order valence-corrected chi connectivity index (χ2v) is 6.80. The van der Waals surface area contributed by atoms with Crippen LogP contribution < -0.4 is 5.32 Å². The van der Waals surface area contributed by atoms with Crippen molar-refractivity contribution >= 4 is 0 Å². The first kappa shape index (κ1) is 11.7. The Hall–Kier alpha value is -0.120. The first-order valence-electron chi connectivity index (χ1n) is 8.02. The molecule has 1 N–H and O–H groups in total. The molecule has 4 fully saturated rings. The molecule has 3 aliphatic heterocycles. The lowest BCUT2D eigenvalue weighted by molar-refractivity contribution is -0.0926. The SMILES string of the molecule is C1CCC2C(C1)OCCN2CC1CC2CCC1N2. The van der Waals surface area contributed by atoms with E-state index in [1.54, 1.807) is 0 Å². The maximum absolute atomic E-state index is 5.98. The highest BCUT2D eigenvalue weighted by molar-refractivity contribution is 4.99. The summed E-state index contributed by atoms with van der Waals surface area (Å²) in [5, 5.41) is 3.78. The van der Waals surface area contributed by atoms with Crippen LogP contribution in [0, 0.1) is 5.92 Å². The minimum absolute atomic E-state index is 0.555. The van der Waals surface area contributed by atoms with Gasteiger partial charge >= 0.3 is 0 Å². The summed E-state index contributed by atoms with van der Waals surface area (Å²) >= 11 is 0. The maximum Gasteiger partial charge on any atom is 0.0730 e. The van der Waals surface area contributed by atoms with Gasteiger partial charge in [-0.15, -0.1) is 0 Å². The number of rotatable bonds is 2. The fraction of sp³-hybridized carbons (Fsp3) is 1.00. The Morgan fingerprint density at radius 3 is 2.89 bits per heavy atom. The van der Waals surface area contributed by atoms with Crippen LogP contribution in [-0.4, -0.2) is 48.8 Å². The van der Waals surface area contributed by atoms with E-state index in [4.69, 9.17) is 4.74 Å². The van der Waals surface area contributed by atoms with E-state index in [2.05, 4.69) is 10.2 Å². The molecule has 5 atom stereocenters. The molecule has 3 saturated heterocycles. The van der Waals surface area contributed by atoms with Gasteiger partial charge in [-0.2, -0.15) is 0 Å². The van der Waals surface area contributed by atoms with Gasteiger partial charge in [-0.1, -0.05) is 12.8 Å². The topological polar surface area (TPSA) is 24.5 Å². The molecular weight excluding hydrogens is 224 g/mol. The summed E-state index contributed by atoms with van der Waals surface area (Å²) in [6.07, 6.45) is 10.3. The zero-order valence-electron chi connectivity index (χ0n) is 11.3. The van der Waals surface area contributed by atoms with Crippen molar-refractivity contribution in [3.8, 4) is 0 Å². The van der Waals surface area contributed by atoms with E-state index in [1.165, 1.54) is 58.0 Å². The lowest BCUT2D eigenvalue weighted by Crippen LogP contribution is -2.54. The van der Waals surface area contributed by atoms with Crippen LogP contribution in [0.15, 0.2) is 0 Å². The molecule has 0 aromatic carbocycles. The molecule has 3 heterocycles. The van der Waals surface area contributed by atoms with Crippen molar-refractivity contribution in [2.75, 3.05) is 19.7 Å². The van der Waals surface area contributed by atoms with E-state index in [-0.39, 0.29) is 0 Å². The standard InChI is InChI=1S/C15H26N2O/c1-2-4-15-14(3-1)17(7-8-18-15)10-11-9-12-5-6-13(11)16-12/h11-16H,1-10H2. The molecule has 4 aliphatic rings. The normalized spacial score (nSPS) is 48.3. The highest BCUT2D eigenvalue weighted by Gasteiger charge is 2.42. The number of nitrogens with one attached hydrogen (secondary N) is 1. The van der Waals surface area contributed by atoms with E-state index in [0.717, 1.165) is 30.7 Å². The molecule has 0 aromatic rings. The van der Waals surface area contributed by atoms with Crippen LogP contribution in [0.4, 0.5) is 0 Å². The highest BCUT2D eigenvalue weighted by atomic mass is 16.5. The van der Waals surface area contributed by atoms with Crippen LogP contribution in [-0.2, 0) is 4.74 Å². The summed E-state index contributed by atoms with van der Waals surface area (Å²) in [5.41, 5.74) is 0. The highest BCUT2D eigenvalue weighted by Crippen LogP contribution is 2.36. The van der Waals surface area contributed by atoms with E-state index >= 15 is 0 Å². The second kappa shape index (κ2) is 4.77. The fourth-order valence-corrected chi connectivity index (χ4v) is 4.84. The summed E-state index contributed by atoms with van der Waals surface area (Å²) in [5.74, 6) is 0.921. The fourth-order valence-electron chi connectivity index (χ4n) is 4.84. The molecule has 102 valence electrons.